The smallest absolute Gasteiger partial charge is 0.390 e. The molecule has 3 rings (SSSR count). The molecule has 0 fully saturated rings. The maximum Gasteiger partial charge on any atom is 0.416 e. The van der Waals surface area contributed by atoms with E-state index in [1.807, 2.05) is 64.0 Å². The summed E-state index contributed by atoms with van der Waals surface area (Å²) in [5.74, 6) is -0.128. The van der Waals surface area contributed by atoms with Gasteiger partial charge < -0.3 is 14.6 Å². The summed E-state index contributed by atoms with van der Waals surface area (Å²) in [6, 6.07) is 13.1. The van der Waals surface area contributed by atoms with Crippen LogP contribution >= 0.6 is 0 Å². The summed E-state index contributed by atoms with van der Waals surface area (Å²) in [7, 11) is 3.93. The molecule has 2 aromatic carbocycles. The third kappa shape index (κ3) is 6.98. The van der Waals surface area contributed by atoms with Crippen LogP contribution in [0.3, 0.4) is 0 Å². The van der Waals surface area contributed by atoms with Crippen LogP contribution in [0.1, 0.15) is 50.3 Å². The molecule has 8 heteroatoms. The minimum absolute atomic E-state index is 0.0750. The van der Waals surface area contributed by atoms with Gasteiger partial charge in [-0.2, -0.15) is 13.2 Å². The first kappa shape index (κ1) is 25.6. The molecular formula is C26H32F3N3O2. The number of carbonyl (C=O) groups excluding carboxylic acids is 1. The zero-order valence-electron chi connectivity index (χ0n) is 20.3. The van der Waals surface area contributed by atoms with Gasteiger partial charge in [-0.15, -0.1) is 0 Å². The Kier molecular flexibility index (Phi) is 7.58. The van der Waals surface area contributed by atoms with Crippen molar-refractivity contribution < 1.29 is 22.8 Å². The van der Waals surface area contributed by atoms with Crippen molar-refractivity contribution in [3.8, 4) is 0 Å². The van der Waals surface area contributed by atoms with E-state index in [2.05, 4.69) is 5.16 Å². The van der Waals surface area contributed by atoms with E-state index in [-0.39, 0.29) is 36.9 Å². The zero-order valence-corrected chi connectivity index (χ0v) is 20.3. The second-order valence-electron chi connectivity index (χ2n) is 10.1. The van der Waals surface area contributed by atoms with E-state index in [0.29, 0.717) is 12.0 Å². The quantitative estimate of drug-likeness (QED) is 0.514. The molecule has 1 heterocycles. The Balaban J connectivity index is 1.73. The van der Waals surface area contributed by atoms with Gasteiger partial charge in [0.1, 0.15) is 0 Å². The first-order valence-corrected chi connectivity index (χ1v) is 11.3. The highest BCUT2D eigenvalue weighted by atomic mass is 19.4. The lowest BCUT2D eigenvalue weighted by molar-refractivity contribution is -0.137. The molecule has 0 bridgehead atoms. The SMILES string of the molecule is CN(C)c1ccc(C2=NO[C@@H](CN(Cc3cccc(C(F)(F)F)c3)C(=O)CC(C)(C)C)C2)cc1. The predicted molar refractivity (Wildman–Crippen MR) is 128 cm³/mol. The lowest BCUT2D eigenvalue weighted by Gasteiger charge is -2.28. The first-order valence-electron chi connectivity index (χ1n) is 11.3. The molecule has 5 nitrogen and oxygen atoms in total. The first-order chi connectivity index (χ1) is 15.8. The van der Waals surface area contributed by atoms with E-state index >= 15 is 0 Å². The second kappa shape index (κ2) is 10.1. The van der Waals surface area contributed by atoms with Crippen molar-refractivity contribution in [2.24, 2.45) is 10.6 Å². The van der Waals surface area contributed by atoms with E-state index in [4.69, 9.17) is 4.84 Å². The number of amides is 1. The molecule has 1 aliphatic heterocycles. The minimum atomic E-state index is -4.43. The molecule has 0 spiro atoms. The highest BCUT2D eigenvalue weighted by Gasteiger charge is 2.32. The second-order valence-corrected chi connectivity index (χ2v) is 10.1. The van der Waals surface area contributed by atoms with Gasteiger partial charge in [0.25, 0.3) is 0 Å². The summed E-state index contributed by atoms with van der Waals surface area (Å²) in [4.78, 5) is 22.3. The Bertz CT molecular complexity index is 1020. The monoisotopic (exact) mass is 475 g/mol. The highest BCUT2D eigenvalue weighted by molar-refractivity contribution is 6.01. The van der Waals surface area contributed by atoms with Crippen molar-refractivity contribution in [1.82, 2.24) is 4.90 Å². The van der Waals surface area contributed by atoms with Gasteiger partial charge in [0.2, 0.25) is 5.91 Å². The topological polar surface area (TPSA) is 45.1 Å². The van der Waals surface area contributed by atoms with Crippen molar-refractivity contribution in [2.75, 3.05) is 25.5 Å². The Morgan fingerprint density at radius 1 is 1.09 bits per heavy atom. The largest absolute Gasteiger partial charge is 0.416 e. The summed E-state index contributed by atoms with van der Waals surface area (Å²) in [5.41, 5.74) is 2.25. The maximum atomic E-state index is 13.2. The Labute approximate surface area is 199 Å². The van der Waals surface area contributed by atoms with E-state index in [0.717, 1.165) is 29.1 Å². The number of benzene rings is 2. The van der Waals surface area contributed by atoms with E-state index in [1.165, 1.54) is 6.07 Å². The fourth-order valence-corrected chi connectivity index (χ4v) is 3.78. The van der Waals surface area contributed by atoms with Crippen LogP contribution in [0.25, 0.3) is 0 Å². The molecule has 34 heavy (non-hydrogen) atoms. The number of carbonyl (C=O) groups is 1. The number of hydrogen-bond acceptors (Lipinski definition) is 4. The highest BCUT2D eigenvalue weighted by Crippen LogP contribution is 2.30. The third-order valence-corrected chi connectivity index (χ3v) is 5.54. The number of nitrogens with zero attached hydrogens (tertiary/aromatic N) is 3. The fraction of sp³-hybridized carbons (Fsp3) is 0.462. The summed E-state index contributed by atoms with van der Waals surface area (Å²) < 4.78 is 39.5. The Hall–Kier alpha value is -3.03. The number of rotatable bonds is 7. The summed E-state index contributed by atoms with van der Waals surface area (Å²) >= 11 is 0. The normalized spacial score (nSPS) is 16.1. The molecule has 0 aliphatic carbocycles. The zero-order chi connectivity index (χ0) is 25.1. The maximum absolute atomic E-state index is 13.2. The van der Waals surface area contributed by atoms with Gasteiger partial charge in [-0.3, -0.25) is 4.79 Å². The van der Waals surface area contributed by atoms with Crippen molar-refractivity contribution >= 4 is 17.3 Å². The standard InChI is InChI=1S/C26H32F3N3O2/c1-25(2,3)15-24(33)32(16-18-7-6-8-20(13-18)26(27,28)29)17-22-14-23(30-34-22)19-9-11-21(12-10-19)31(4)5/h6-13,22H,14-17H2,1-5H3/t22-/m1/s1. The van der Waals surface area contributed by atoms with Crippen molar-refractivity contribution in [1.29, 1.82) is 0 Å². The molecule has 0 aromatic heterocycles. The van der Waals surface area contributed by atoms with Gasteiger partial charge in [-0.25, -0.2) is 0 Å². The molecule has 184 valence electrons. The van der Waals surface area contributed by atoms with Crippen LogP contribution in [-0.2, 0) is 22.4 Å². The predicted octanol–water partition coefficient (Wildman–Crippen LogP) is 5.73. The molecule has 0 saturated heterocycles. The fourth-order valence-electron chi connectivity index (χ4n) is 3.78. The van der Waals surface area contributed by atoms with Gasteiger partial charge in [0.15, 0.2) is 6.10 Å². The van der Waals surface area contributed by atoms with Gasteiger partial charge in [0.05, 0.1) is 17.8 Å². The van der Waals surface area contributed by atoms with E-state index in [1.54, 1.807) is 11.0 Å². The van der Waals surface area contributed by atoms with Crippen LogP contribution in [0.4, 0.5) is 18.9 Å². The molecule has 1 atom stereocenters. The Morgan fingerprint density at radius 3 is 2.35 bits per heavy atom. The molecule has 0 radical (unpaired) electrons. The number of anilines is 1. The van der Waals surface area contributed by atoms with Gasteiger partial charge >= 0.3 is 6.18 Å². The molecule has 0 saturated carbocycles. The van der Waals surface area contributed by atoms with Crippen LogP contribution in [0.2, 0.25) is 0 Å². The summed E-state index contributed by atoms with van der Waals surface area (Å²) in [6.07, 6.45) is -4.00. The van der Waals surface area contributed by atoms with Crippen LogP contribution in [-0.4, -0.2) is 43.3 Å². The summed E-state index contributed by atoms with van der Waals surface area (Å²) in [5, 5.41) is 4.22. The molecule has 1 amide bonds. The van der Waals surface area contributed by atoms with Crippen molar-refractivity contribution in [3.05, 3.63) is 65.2 Å². The number of oxime groups is 1. The molecule has 2 aromatic rings. The average molecular weight is 476 g/mol. The van der Waals surface area contributed by atoms with Crippen LogP contribution < -0.4 is 4.90 Å². The number of alkyl halides is 3. The van der Waals surface area contributed by atoms with Crippen molar-refractivity contribution in [3.63, 3.8) is 0 Å². The van der Waals surface area contributed by atoms with Gasteiger partial charge in [0, 0.05) is 39.2 Å². The van der Waals surface area contributed by atoms with E-state index < -0.39 is 11.7 Å². The molecule has 1 aliphatic rings. The minimum Gasteiger partial charge on any atom is -0.390 e. The van der Waals surface area contributed by atoms with Gasteiger partial charge in [-0.1, -0.05) is 50.2 Å². The third-order valence-electron chi connectivity index (χ3n) is 5.54. The molecule has 0 N–H and O–H groups in total. The molecule has 0 unspecified atom stereocenters. The number of halogens is 3. The van der Waals surface area contributed by atoms with Crippen LogP contribution in [0.5, 0.6) is 0 Å². The number of hydrogen-bond donors (Lipinski definition) is 0. The van der Waals surface area contributed by atoms with Crippen LogP contribution in [0, 0.1) is 5.41 Å². The van der Waals surface area contributed by atoms with Crippen molar-refractivity contribution in [2.45, 2.75) is 52.4 Å². The van der Waals surface area contributed by atoms with E-state index in [9.17, 15) is 18.0 Å². The molecular weight excluding hydrogens is 443 g/mol. The lowest BCUT2D eigenvalue weighted by atomic mass is 9.91. The lowest BCUT2D eigenvalue weighted by Crippen LogP contribution is -2.38. The van der Waals surface area contributed by atoms with Crippen LogP contribution in [0.15, 0.2) is 53.7 Å². The summed E-state index contributed by atoms with van der Waals surface area (Å²) in [6.45, 7) is 6.19. The Morgan fingerprint density at radius 2 is 1.76 bits per heavy atom. The van der Waals surface area contributed by atoms with Gasteiger partial charge in [-0.05, 0) is 40.8 Å². The average Bonchev–Trinajstić information content (AvgIpc) is 3.20.